The summed E-state index contributed by atoms with van der Waals surface area (Å²) >= 11 is 6.24. The molecule has 0 unspecified atom stereocenters. The molecule has 200 valence electrons. The van der Waals surface area contributed by atoms with Gasteiger partial charge < -0.3 is 20.4 Å². The molecule has 0 radical (unpaired) electrons. The highest BCUT2D eigenvalue weighted by molar-refractivity contribution is 6.31. The highest BCUT2D eigenvalue weighted by Gasteiger charge is 2.36. The summed E-state index contributed by atoms with van der Waals surface area (Å²) < 4.78 is 0. The van der Waals surface area contributed by atoms with Gasteiger partial charge in [0, 0.05) is 18.1 Å². The molecule has 2 aliphatic heterocycles. The van der Waals surface area contributed by atoms with Crippen molar-refractivity contribution in [2.45, 2.75) is 66.1 Å². The minimum atomic E-state index is -1.90. The van der Waals surface area contributed by atoms with E-state index >= 15 is 0 Å². The van der Waals surface area contributed by atoms with Crippen molar-refractivity contribution in [3.63, 3.8) is 0 Å². The van der Waals surface area contributed by atoms with Gasteiger partial charge in [-0.15, -0.1) is 0 Å². The smallest absolute Gasteiger partial charge is 0.255 e. The highest BCUT2D eigenvalue weighted by Crippen LogP contribution is 2.23. The summed E-state index contributed by atoms with van der Waals surface area (Å²) in [6, 6.07) is 14.5. The molecule has 0 fully saturated rings. The van der Waals surface area contributed by atoms with Gasteiger partial charge in [0.05, 0.1) is 24.8 Å². The first-order chi connectivity index (χ1) is 17.3. The van der Waals surface area contributed by atoms with Crippen LogP contribution in [-0.4, -0.2) is 62.4 Å². The van der Waals surface area contributed by atoms with Gasteiger partial charge in [0.15, 0.2) is 12.2 Å². The number of halogens is 1. The third-order valence-electron chi connectivity index (χ3n) is 5.95. The Morgan fingerprint density at radius 2 is 1.62 bits per heavy atom. The maximum Gasteiger partial charge on any atom is 0.255 e. The van der Waals surface area contributed by atoms with E-state index in [-0.39, 0.29) is 7.43 Å². The fourth-order valence-corrected chi connectivity index (χ4v) is 4.21. The van der Waals surface area contributed by atoms with Crippen LogP contribution in [0.15, 0.2) is 65.8 Å². The van der Waals surface area contributed by atoms with Gasteiger partial charge in [-0.25, -0.2) is 0 Å². The minimum Gasteiger partial charge on any atom is -0.380 e. The third kappa shape index (κ3) is 7.41. The topological polar surface area (TPSA) is 105 Å². The fourth-order valence-electron chi connectivity index (χ4n) is 4.01. The first-order valence-electron chi connectivity index (χ1n) is 12.1. The molecule has 37 heavy (non-hydrogen) atoms. The van der Waals surface area contributed by atoms with Gasteiger partial charge in [0.2, 0.25) is 0 Å². The van der Waals surface area contributed by atoms with Crippen LogP contribution in [0.2, 0.25) is 5.02 Å². The lowest BCUT2D eigenvalue weighted by Crippen LogP contribution is -2.52. The molecule has 0 aromatic heterocycles. The van der Waals surface area contributed by atoms with Crippen molar-refractivity contribution in [2.24, 2.45) is 5.10 Å². The average Bonchev–Trinajstić information content (AvgIpc) is 3.34. The quantitative estimate of drug-likeness (QED) is 0.510. The molecule has 3 atom stereocenters. The Bertz CT molecular complexity index is 1110. The van der Waals surface area contributed by atoms with Crippen LogP contribution in [-0.2, 0) is 29.2 Å². The summed E-state index contributed by atoms with van der Waals surface area (Å²) in [6.45, 7) is 7.48. The monoisotopic (exact) mass is 528 g/mol. The van der Waals surface area contributed by atoms with E-state index in [1.54, 1.807) is 13.0 Å². The first-order valence-corrected chi connectivity index (χ1v) is 12.5. The number of nitrogens with one attached hydrogen (secondary N) is 1. The third-order valence-corrected chi connectivity index (χ3v) is 6.32. The normalized spacial score (nSPS) is 16.3. The van der Waals surface area contributed by atoms with Gasteiger partial charge in [0.1, 0.15) is 0 Å². The van der Waals surface area contributed by atoms with E-state index in [1.807, 2.05) is 73.5 Å². The molecule has 0 bridgehead atoms. The molecule has 2 amide bonds. The number of amides is 2. The number of rotatable bonds is 7. The number of aliphatic hydroxyl groups is 2. The summed E-state index contributed by atoms with van der Waals surface area (Å²) in [5, 5.41) is 30.4. The van der Waals surface area contributed by atoms with Crippen molar-refractivity contribution in [3.05, 3.63) is 82.4 Å². The van der Waals surface area contributed by atoms with Gasteiger partial charge in [0.25, 0.3) is 11.8 Å². The summed E-state index contributed by atoms with van der Waals surface area (Å²) in [4.78, 5) is 26.7. The Morgan fingerprint density at radius 3 is 2.24 bits per heavy atom. The van der Waals surface area contributed by atoms with Crippen molar-refractivity contribution in [1.29, 1.82) is 0 Å². The van der Waals surface area contributed by atoms with E-state index in [9.17, 15) is 19.8 Å². The number of nitrogens with zero attached hydrogens (tertiary/aromatic N) is 3. The fraction of sp³-hybridized carbons (Fsp3) is 0.393. The van der Waals surface area contributed by atoms with E-state index < -0.39 is 30.1 Å². The van der Waals surface area contributed by atoms with E-state index in [4.69, 9.17) is 11.6 Å². The van der Waals surface area contributed by atoms with Gasteiger partial charge in [-0.1, -0.05) is 81.4 Å². The number of hydrogen-bond donors (Lipinski definition) is 3. The molecule has 0 spiro atoms. The number of hydrogen-bond acceptors (Lipinski definition) is 6. The average molecular weight is 529 g/mol. The highest BCUT2D eigenvalue weighted by atomic mass is 35.5. The molecule has 3 N–H and O–H groups in total. The number of aliphatic hydroxyl groups excluding tert-OH is 2. The minimum absolute atomic E-state index is 0. The van der Waals surface area contributed by atoms with E-state index in [0.29, 0.717) is 36.9 Å². The maximum atomic E-state index is 12.7. The number of carbonyl (C=O) groups is 2. The summed E-state index contributed by atoms with van der Waals surface area (Å²) in [7, 11) is 0. The van der Waals surface area contributed by atoms with Gasteiger partial charge in [-0.05, 0) is 35.8 Å². The van der Waals surface area contributed by atoms with Crippen molar-refractivity contribution in [3.8, 4) is 0 Å². The zero-order valence-electron chi connectivity index (χ0n) is 20.8. The molecular formula is C28H37ClN4O4. The number of carbonyl (C=O) groups excluding carboxylic acids is 2. The zero-order chi connectivity index (χ0) is 26.2. The SMILES string of the molecule is C.CC.C[C@H](NC(=O)[C@H](O)[C@@H](O)C(=O)N1Cc2ccccc2C1)C1=NN(Cc2ccccc2Cl)CC=C1. The lowest BCUT2D eigenvalue weighted by molar-refractivity contribution is -0.153. The largest absolute Gasteiger partial charge is 0.380 e. The summed E-state index contributed by atoms with van der Waals surface area (Å²) in [5.41, 5.74) is 3.48. The maximum absolute atomic E-state index is 12.7. The predicted molar refractivity (Wildman–Crippen MR) is 147 cm³/mol. The lowest BCUT2D eigenvalue weighted by atomic mass is 10.1. The molecule has 2 aliphatic rings. The lowest BCUT2D eigenvalue weighted by Gasteiger charge is -2.26. The molecule has 4 rings (SSSR count). The molecule has 0 saturated carbocycles. The van der Waals surface area contributed by atoms with E-state index in [0.717, 1.165) is 16.7 Å². The molecule has 2 aromatic carbocycles. The van der Waals surface area contributed by atoms with Gasteiger partial charge in [-0.2, -0.15) is 5.10 Å². The van der Waals surface area contributed by atoms with Crippen molar-refractivity contribution in [2.75, 3.05) is 6.54 Å². The molecular weight excluding hydrogens is 492 g/mol. The van der Waals surface area contributed by atoms with Crippen molar-refractivity contribution in [1.82, 2.24) is 15.2 Å². The van der Waals surface area contributed by atoms with E-state index in [1.165, 1.54) is 4.90 Å². The van der Waals surface area contributed by atoms with Crippen LogP contribution >= 0.6 is 11.6 Å². The van der Waals surface area contributed by atoms with Crippen LogP contribution in [0.4, 0.5) is 0 Å². The van der Waals surface area contributed by atoms with E-state index in [2.05, 4.69) is 10.4 Å². The second kappa shape index (κ2) is 13.9. The number of benzene rings is 2. The summed E-state index contributed by atoms with van der Waals surface area (Å²) in [5.74, 6) is -1.53. The Kier molecular flexibility index (Phi) is 11.3. The van der Waals surface area contributed by atoms with Gasteiger partial charge in [-0.3, -0.25) is 14.6 Å². The molecule has 0 aliphatic carbocycles. The standard InChI is InChI=1S/C25H27ClN4O4.C2H6.CH4/c1-16(21-11-6-12-30(28-21)15-19-9-4-5-10-20(19)26)27-24(33)22(31)23(32)25(34)29-13-17-7-2-3-8-18(17)14-29;1-2;/h2-11,16,22-23,31-32H,12-15H2,1H3,(H,27,33);1-2H3;1H4/t16-,22+,23+;;/m0../s1. The molecule has 2 aromatic rings. The van der Waals surface area contributed by atoms with Crippen LogP contribution in [0.25, 0.3) is 0 Å². The second-order valence-electron chi connectivity index (χ2n) is 8.45. The molecule has 9 heteroatoms. The van der Waals surface area contributed by atoms with Gasteiger partial charge >= 0.3 is 0 Å². The van der Waals surface area contributed by atoms with Crippen LogP contribution < -0.4 is 5.32 Å². The zero-order valence-corrected chi connectivity index (χ0v) is 21.5. The molecule has 8 nitrogen and oxygen atoms in total. The van der Waals surface area contributed by atoms with Crippen molar-refractivity contribution >= 4 is 29.1 Å². The Balaban J connectivity index is 0.00000157. The van der Waals surface area contributed by atoms with Crippen LogP contribution in [0.3, 0.4) is 0 Å². The molecule has 0 saturated heterocycles. The Labute approximate surface area is 224 Å². The Hall–Kier alpha value is -3.20. The number of fused-ring (bicyclic) bond motifs is 1. The van der Waals surface area contributed by atoms with Crippen LogP contribution in [0.5, 0.6) is 0 Å². The second-order valence-corrected chi connectivity index (χ2v) is 8.86. The number of hydrazone groups is 1. The Morgan fingerprint density at radius 1 is 1.03 bits per heavy atom. The van der Waals surface area contributed by atoms with Crippen LogP contribution in [0, 0.1) is 0 Å². The first kappa shape index (κ1) is 30.0. The van der Waals surface area contributed by atoms with Crippen molar-refractivity contribution < 1.29 is 19.8 Å². The summed E-state index contributed by atoms with van der Waals surface area (Å²) in [6.07, 6.45) is -0.0429. The van der Waals surface area contributed by atoms with Crippen LogP contribution in [0.1, 0.15) is 44.9 Å². The molecule has 2 heterocycles. The predicted octanol–water partition coefficient (Wildman–Crippen LogP) is 3.50.